The average molecular weight is 439 g/mol. The van der Waals surface area contributed by atoms with Gasteiger partial charge in [-0.25, -0.2) is 0 Å². The van der Waals surface area contributed by atoms with E-state index < -0.39 is 0 Å². The smallest absolute Gasteiger partial charge is 0.262 e. The molecule has 0 saturated heterocycles. The van der Waals surface area contributed by atoms with Crippen molar-refractivity contribution in [3.05, 3.63) is 59.1 Å². The first-order valence-corrected chi connectivity index (χ1v) is 11.5. The van der Waals surface area contributed by atoms with Crippen LogP contribution in [0.25, 0.3) is 0 Å². The number of rotatable bonds is 6. The molecule has 0 spiro atoms. The van der Waals surface area contributed by atoms with Crippen LogP contribution in [0.1, 0.15) is 48.9 Å². The number of carbonyl (C=O) groups is 2. The fourth-order valence-corrected chi connectivity index (χ4v) is 6.35. The SMILES string of the molecule is O=C(COc1ccc(Cl)cc1)Nc1ccccc1C(=O)NC12CC3CC(CC(C3)C1)C2. The second-order valence-electron chi connectivity index (χ2n) is 9.49. The van der Waals surface area contributed by atoms with Crippen molar-refractivity contribution in [1.29, 1.82) is 0 Å². The van der Waals surface area contributed by atoms with Crippen molar-refractivity contribution >= 4 is 29.1 Å². The highest BCUT2D eigenvalue weighted by Crippen LogP contribution is 2.55. The summed E-state index contributed by atoms with van der Waals surface area (Å²) >= 11 is 5.87. The van der Waals surface area contributed by atoms with Crippen LogP contribution in [-0.2, 0) is 4.79 Å². The molecule has 2 aromatic carbocycles. The first kappa shape index (κ1) is 20.4. The summed E-state index contributed by atoms with van der Waals surface area (Å²) in [5.74, 6) is 2.42. The predicted molar refractivity (Wildman–Crippen MR) is 120 cm³/mol. The number of carbonyl (C=O) groups excluding carboxylic acids is 2. The van der Waals surface area contributed by atoms with Crippen LogP contribution in [0.4, 0.5) is 5.69 Å². The van der Waals surface area contributed by atoms with Gasteiger partial charge < -0.3 is 15.4 Å². The van der Waals surface area contributed by atoms with Crippen LogP contribution in [0.2, 0.25) is 5.02 Å². The van der Waals surface area contributed by atoms with E-state index in [4.69, 9.17) is 16.3 Å². The van der Waals surface area contributed by atoms with E-state index in [1.54, 1.807) is 36.4 Å². The minimum Gasteiger partial charge on any atom is -0.484 e. The highest BCUT2D eigenvalue weighted by molar-refractivity contribution is 6.30. The first-order chi connectivity index (χ1) is 15.0. The Balaban J connectivity index is 1.24. The molecule has 4 fully saturated rings. The number of anilines is 1. The zero-order valence-electron chi connectivity index (χ0n) is 17.4. The van der Waals surface area contributed by atoms with E-state index in [1.807, 2.05) is 12.1 Å². The topological polar surface area (TPSA) is 67.4 Å². The van der Waals surface area contributed by atoms with Gasteiger partial charge in [0.2, 0.25) is 0 Å². The summed E-state index contributed by atoms with van der Waals surface area (Å²) in [6, 6.07) is 14.0. The van der Waals surface area contributed by atoms with Crippen LogP contribution in [0, 0.1) is 17.8 Å². The molecule has 2 amide bonds. The Morgan fingerprint density at radius 1 is 0.935 bits per heavy atom. The van der Waals surface area contributed by atoms with Crippen LogP contribution >= 0.6 is 11.6 Å². The summed E-state index contributed by atoms with van der Waals surface area (Å²) in [7, 11) is 0. The van der Waals surface area contributed by atoms with Gasteiger partial charge in [-0.05, 0) is 92.7 Å². The zero-order chi connectivity index (χ0) is 21.4. The maximum Gasteiger partial charge on any atom is 0.262 e. The van der Waals surface area contributed by atoms with Crippen molar-refractivity contribution in [1.82, 2.24) is 5.32 Å². The lowest BCUT2D eigenvalue weighted by Gasteiger charge is -2.56. The number of halogens is 1. The molecule has 5 nitrogen and oxygen atoms in total. The van der Waals surface area contributed by atoms with Crippen molar-refractivity contribution in [3.63, 3.8) is 0 Å². The molecule has 0 aromatic heterocycles. The number of ether oxygens (including phenoxy) is 1. The molecule has 0 aliphatic heterocycles. The highest BCUT2D eigenvalue weighted by Gasteiger charge is 2.51. The monoisotopic (exact) mass is 438 g/mol. The molecule has 162 valence electrons. The Morgan fingerprint density at radius 3 is 2.19 bits per heavy atom. The normalized spacial score (nSPS) is 28.2. The van der Waals surface area contributed by atoms with E-state index in [-0.39, 0.29) is 24.0 Å². The molecule has 0 unspecified atom stereocenters. The summed E-state index contributed by atoms with van der Waals surface area (Å²) in [4.78, 5) is 25.7. The van der Waals surface area contributed by atoms with Gasteiger partial charge in [0.25, 0.3) is 11.8 Å². The minimum absolute atomic E-state index is 0.0688. The lowest BCUT2D eigenvalue weighted by atomic mass is 9.53. The second kappa shape index (κ2) is 8.19. The van der Waals surface area contributed by atoms with Crippen LogP contribution < -0.4 is 15.4 Å². The van der Waals surface area contributed by atoms with E-state index in [0.29, 0.717) is 22.0 Å². The molecular formula is C25H27ClN2O3. The third-order valence-corrected chi connectivity index (χ3v) is 7.30. The van der Waals surface area contributed by atoms with Gasteiger partial charge in [-0.3, -0.25) is 9.59 Å². The Morgan fingerprint density at radius 2 is 1.55 bits per heavy atom. The fraction of sp³-hybridized carbons (Fsp3) is 0.440. The zero-order valence-corrected chi connectivity index (χ0v) is 18.2. The van der Waals surface area contributed by atoms with Gasteiger partial charge in [-0.15, -0.1) is 0 Å². The van der Waals surface area contributed by atoms with Gasteiger partial charge >= 0.3 is 0 Å². The third kappa shape index (κ3) is 4.42. The molecule has 6 rings (SSSR count). The fourth-order valence-electron chi connectivity index (χ4n) is 6.23. The molecule has 2 N–H and O–H groups in total. The summed E-state index contributed by atoms with van der Waals surface area (Å²) in [5.41, 5.74) is 0.938. The Kier molecular flexibility index (Phi) is 5.39. The maximum absolute atomic E-state index is 13.2. The molecule has 2 aromatic rings. The van der Waals surface area contributed by atoms with Crippen LogP contribution in [0.15, 0.2) is 48.5 Å². The predicted octanol–water partition coefficient (Wildman–Crippen LogP) is 5.06. The molecule has 4 aliphatic rings. The quantitative estimate of drug-likeness (QED) is 0.662. The molecule has 0 heterocycles. The van der Waals surface area contributed by atoms with Crippen LogP contribution in [0.3, 0.4) is 0 Å². The van der Waals surface area contributed by atoms with Crippen molar-refractivity contribution in [2.75, 3.05) is 11.9 Å². The summed E-state index contributed by atoms with van der Waals surface area (Å²) < 4.78 is 5.52. The Hall–Kier alpha value is -2.53. The minimum atomic E-state index is -0.315. The van der Waals surface area contributed by atoms with Gasteiger partial charge in [0.15, 0.2) is 6.61 Å². The lowest BCUT2D eigenvalue weighted by Crippen LogP contribution is -2.59. The molecule has 4 aliphatic carbocycles. The number of para-hydroxylation sites is 1. The molecule has 6 heteroatoms. The Labute approximate surface area is 187 Å². The van der Waals surface area contributed by atoms with E-state index >= 15 is 0 Å². The number of hydrogen-bond acceptors (Lipinski definition) is 3. The summed E-state index contributed by atoms with van der Waals surface area (Å²) in [6.45, 7) is -0.146. The lowest BCUT2D eigenvalue weighted by molar-refractivity contribution is -0.118. The molecule has 4 saturated carbocycles. The van der Waals surface area contributed by atoms with Crippen molar-refractivity contribution < 1.29 is 14.3 Å². The van der Waals surface area contributed by atoms with Crippen molar-refractivity contribution in [3.8, 4) is 5.75 Å². The maximum atomic E-state index is 13.2. The van der Waals surface area contributed by atoms with Crippen LogP contribution in [-0.4, -0.2) is 24.0 Å². The average Bonchev–Trinajstić information content (AvgIpc) is 2.72. The number of nitrogens with one attached hydrogen (secondary N) is 2. The van der Waals surface area contributed by atoms with Gasteiger partial charge in [0, 0.05) is 10.6 Å². The number of benzene rings is 2. The first-order valence-electron chi connectivity index (χ1n) is 11.1. The summed E-state index contributed by atoms with van der Waals surface area (Å²) in [6.07, 6.45) is 7.26. The third-order valence-electron chi connectivity index (χ3n) is 7.05. The number of hydrogen-bond donors (Lipinski definition) is 2. The molecule has 4 bridgehead atoms. The van der Waals surface area contributed by atoms with E-state index in [0.717, 1.165) is 37.0 Å². The second-order valence-corrected chi connectivity index (χ2v) is 9.92. The van der Waals surface area contributed by atoms with Gasteiger partial charge in [-0.2, -0.15) is 0 Å². The molecule has 31 heavy (non-hydrogen) atoms. The molecular weight excluding hydrogens is 412 g/mol. The molecule has 0 radical (unpaired) electrons. The molecule has 0 atom stereocenters. The highest BCUT2D eigenvalue weighted by atomic mass is 35.5. The summed E-state index contributed by atoms with van der Waals surface area (Å²) in [5, 5.41) is 6.82. The van der Waals surface area contributed by atoms with E-state index in [2.05, 4.69) is 10.6 Å². The van der Waals surface area contributed by atoms with Gasteiger partial charge in [-0.1, -0.05) is 23.7 Å². The van der Waals surface area contributed by atoms with E-state index in [1.165, 1.54) is 19.3 Å². The van der Waals surface area contributed by atoms with Gasteiger partial charge in [0.05, 0.1) is 11.3 Å². The van der Waals surface area contributed by atoms with Crippen LogP contribution in [0.5, 0.6) is 5.75 Å². The number of amides is 2. The van der Waals surface area contributed by atoms with Gasteiger partial charge in [0.1, 0.15) is 5.75 Å². The van der Waals surface area contributed by atoms with Crippen molar-refractivity contribution in [2.24, 2.45) is 17.8 Å². The standard InChI is InChI=1S/C25H27ClN2O3/c26-19-5-7-20(8-6-19)31-15-23(29)27-22-4-2-1-3-21(22)24(30)28-25-12-16-9-17(13-25)11-18(10-16)14-25/h1-8,16-18H,9-15H2,(H,27,29)(H,28,30). The Bertz CT molecular complexity index is 953. The van der Waals surface area contributed by atoms with Crippen molar-refractivity contribution in [2.45, 2.75) is 44.1 Å². The van der Waals surface area contributed by atoms with E-state index in [9.17, 15) is 9.59 Å². The largest absolute Gasteiger partial charge is 0.484 e.